The third-order valence-electron chi connectivity index (χ3n) is 3.82. The van der Waals surface area contributed by atoms with Gasteiger partial charge >= 0.3 is 0 Å². The van der Waals surface area contributed by atoms with E-state index in [2.05, 4.69) is 4.72 Å². The van der Waals surface area contributed by atoms with Gasteiger partial charge in [0.1, 0.15) is 0 Å². The summed E-state index contributed by atoms with van der Waals surface area (Å²) in [5.74, 6) is -0.674. The van der Waals surface area contributed by atoms with Crippen LogP contribution < -0.4 is 10.5 Å². The van der Waals surface area contributed by atoms with Gasteiger partial charge in [0.05, 0.1) is 16.1 Å². The summed E-state index contributed by atoms with van der Waals surface area (Å²) < 4.78 is 27.5. The Kier molecular flexibility index (Phi) is 3.62. The molecule has 3 rings (SSSR count). The average molecular weight is 316 g/mol. The van der Waals surface area contributed by atoms with Crippen LogP contribution in [0.4, 0.5) is 5.69 Å². The molecular weight excluding hydrogens is 300 g/mol. The molecule has 0 spiro atoms. The van der Waals surface area contributed by atoms with E-state index in [1.165, 1.54) is 17.7 Å². The monoisotopic (exact) mass is 316 g/mol. The van der Waals surface area contributed by atoms with Gasteiger partial charge in [-0.2, -0.15) is 0 Å². The van der Waals surface area contributed by atoms with Crippen LogP contribution in [0, 0.1) is 0 Å². The predicted octanol–water partition coefficient (Wildman–Crippen LogP) is 2.08. The van der Waals surface area contributed by atoms with Crippen molar-refractivity contribution in [3.63, 3.8) is 0 Å². The number of nitrogens with one attached hydrogen (secondary N) is 1. The van der Waals surface area contributed by atoms with Gasteiger partial charge in [-0.15, -0.1) is 0 Å². The largest absolute Gasteiger partial charge is 0.366 e. The van der Waals surface area contributed by atoms with Crippen molar-refractivity contribution in [3.8, 4) is 0 Å². The van der Waals surface area contributed by atoms with E-state index < -0.39 is 15.9 Å². The number of para-hydroxylation sites is 1. The second-order valence-corrected chi connectivity index (χ2v) is 6.98. The van der Waals surface area contributed by atoms with Gasteiger partial charge in [-0.05, 0) is 54.7 Å². The maximum absolute atomic E-state index is 12.5. The maximum Gasteiger partial charge on any atom is 0.261 e. The molecule has 1 aliphatic carbocycles. The molecule has 1 amide bonds. The molecule has 2 aromatic rings. The van der Waals surface area contributed by atoms with E-state index in [-0.39, 0.29) is 16.1 Å². The minimum atomic E-state index is -3.75. The van der Waals surface area contributed by atoms with Crippen molar-refractivity contribution in [1.82, 2.24) is 0 Å². The SMILES string of the molecule is NC(=O)c1ccccc1NS(=O)(=O)c1ccc2c(c1)CCC2. The number of nitrogens with two attached hydrogens (primary N) is 1. The summed E-state index contributed by atoms with van der Waals surface area (Å²) in [7, 11) is -3.75. The Morgan fingerprint density at radius 2 is 1.77 bits per heavy atom. The van der Waals surface area contributed by atoms with Crippen LogP contribution in [-0.4, -0.2) is 14.3 Å². The van der Waals surface area contributed by atoms with Gasteiger partial charge in [0.2, 0.25) is 0 Å². The van der Waals surface area contributed by atoms with E-state index in [1.807, 2.05) is 6.07 Å². The average Bonchev–Trinajstić information content (AvgIpc) is 2.94. The highest BCUT2D eigenvalue weighted by atomic mass is 32.2. The molecule has 22 heavy (non-hydrogen) atoms. The van der Waals surface area contributed by atoms with Crippen molar-refractivity contribution in [2.45, 2.75) is 24.2 Å². The first-order valence-corrected chi connectivity index (χ1v) is 8.49. The molecular formula is C16H16N2O3S. The lowest BCUT2D eigenvalue weighted by molar-refractivity contribution is 0.100. The number of hydrogen-bond donors (Lipinski definition) is 2. The van der Waals surface area contributed by atoms with Crippen LogP contribution in [0.1, 0.15) is 27.9 Å². The molecule has 0 aliphatic heterocycles. The summed E-state index contributed by atoms with van der Waals surface area (Å²) in [6.45, 7) is 0. The van der Waals surface area contributed by atoms with Crippen LogP contribution in [0.15, 0.2) is 47.4 Å². The number of fused-ring (bicyclic) bond motifs is 1. The second kappa shape index (κ2) is 5.46. The van der Waals surface area contributed by atoms with Gasteiger partial charge in [-0.1, -0.05) is 18.2 Å². The molecule has 0 bridgehead atoms. The zero-order valence-electron chi connectivity index (χ0n) is 11.9. The smallest absolute Gasteiger partial charge is 0.261 e. The highest BCUT2D eigenvalue weighted by Crippen LogP contribution is 2.26. The van der Waals surface area contributed by atoms with E-state index in [0.717, 1.165) is 24.8 Å². The fourth-order valence-corrected chi connectivity index (χ4v) is 3.84. The molecule has 0 heterocycles. The minimum Gasteiger partial charge on any atom is -0.366 e. The Hall–Kier alpha value is -2.34. The third-order valence-corrected chi connectivity index (χ3v) is 5.18. The van der Waals surface area contributed by atoms with Gasteiger partial charge in [-0.25, -0.2) is 8.42 Å². The summed E-state index contributed by atoms with van der Waals surface area (Å²) >= 11 is 0. The molecule has 3 N–H and O–H groups in total. The lowest BCUT2D eigenvalue weighted by Crippen LogP contribution is -2.18. The molecule has 114 valence electrons. The second-order valence-electron chi connectivity index (χ2n) is 5.30. The molecule has 1 aliphatic rings. The fraction of sp³-hybridized carbons (Fsp3) is 0.188. The number of carbonyl (C=O) groups is 1. The first-order chi connectivity index (χ1) is 10.5. The summed E-state index contributed by atoms with van der Waals surface area (Å²) in [5, 5.41) is 0. The van der Waals surface area contributed by atoms with Crippen LogP contribution in [0.3, 0.4) is 0 Å². The lowest BCUT2D eigenvalue weighted by atomic mass is 10.1. The van der Waals surface area contributed by atoms with Gasteiger partial charge in [0, 0.05) is 0 Å². The van der Waals surface area contributed by atoms with Crippen molar-refractivity contribution in [3.05, 3.63) is 59.2 Å². The van der Waals surface area contributed by atoms with E-state index in [1.54, 1.807) is 24.3 Å². The first-order valence-electron chi connectivity index (χ1n) is 7.01. The molecule has 0 saturated carbocycles. The first kappa shape index (κ1) is 14.6. The van der Waals surface area contributed by atoms with Crippen LogP contribution in [-0.2, 0) is 22.9 Å². The van der Waals surface area contributed by atoms with Crippen molar-refractivity contribution >= 4 is 21.6 Å². The third kappa shape index (κ3) is 2.69. The van der Waals surface area contributed by atoms with Gasteiger partial charge < -0.3 is 5.73 Å². The quantitative estimate of drug-likeness (QED) is 0.905. The summed E-state index contributed by atoms with van der Waals surface area (Å²) in [6.07, 6.45) is 2.95. The number of anilines is 1. The Labute approximate surface area is 129 Å². The van der Waals surface area contributed by atoms with Crippen LogP contribution in [0.2, 0.25) is 0 Å². The Balaban J connectivity index is 1.96. The molecule has 0 fully saturated rings. The number of aryl methyl sites for hydroxylation is 2. The molecule has 6 heteroatoms. The highest BCUT2D eigenvalue weighted by molar-refractivity contribution is 7.92. The molecule has 0 atom stereocenters. The Morgan fingerprint density at radius 1 is 1.05 bits per heavy atom. The Morgan fingerprint density at radius 3 is 2.55 bits per heavy atom. The molecule has 5 nitrogen and oxygen atoms in total. The fourth-order valence-electron chi connectivity index (χ4n) is 2.71. The number of carbonyl (C=O) groups excluding carboxylic acids is 1. The van der Waals surface area contributed by atoms with Crippen molar-refractivity contribution in [1.29, 1.82) is 0 Å². The number of hydrogen-bond acceptors (Lipinski definition) is 3. The standard InChI is InChI=1S/C16H16N2O3S/c17-16(19)14-6-1-2-7-15(14)18-22(20,21)13-9-8-11-4-3-5-12(11)10-13/h1-2,6-10,18H,3-5H2,(H2,17,19). The number of primary amides is 1. The molecule has 0 unspecified atom stereocenters. The number of amides is 1. The van der Waals surface area contributed by atoms with Crippen molar-refractivity contribution < 1.29 is 13.2 Å². The van der Waals surface area contributed by atoms with Crippen molar-refractivity contribution in [2.24, 2.45) is 5.73 Å². The number of benzene rings is 2. The number of sulfonamides is 1. The van der Waals surface area contributed by atoms with E-state index in [4.69, 9.17) is 5.73 Å². The van der Waals surface area contributed by atoms with E-state index in [0.29, 0.717) is 0 Å². The van der Waals surface area contributed by atoms with E-state index in [9.17, 15) is 13.2 Å². The minimum absolute atomic E-state index is 0.146. The molecule has 0 saturated heterocycles. The molecule has 0 aromatic heterocycles. The molecule has 2 aromatic carbocycles. The van der Waals surface area contributed by atoms with Gasteiger partial charge in [0.25, 0.3) is 15.9 Å². The summed E-state index contributed by atoms with van der Waals surface area (Å²) in [4.78, 5) is 11.6. The van der Waals surface area contributed by atoms with Gasteiger partial charge in [0.15, 0.2) is 0 Å². The van der Waals surface area contributed by atoms with Crippen LogP contribution >= 0.6 is 0 Å². The molecule has 0 radical (unpaired) electrons. The highest BCUT2D eigenvalue weighted by Gasteiger charge is 2.20. The summed E-state index contributed by atoms with van der Waals surface area (Å²) in [6, 6.07) is 11.4. The summed E-state index contributed by atoms with van der Waals surface area (Å²) in [5.41, 5.74) is 7.89. The topological polar surface area (TPSA) is 89.3 Å². The zero-order chi connectivity index (χ0) is 15.7. The maximum atomic E-state index is 12.5. The van der Waals surface area contributed by atoms with Gasteiger partial charge in [-0.3, -0.25) is 9.52 Å². The van der Waals surface area contributed by atoms with Crippen LogP contribution in [0.5, 0.6) is 0 Å². The number of rotatable bonds is 4. The zero-order valence-corrected chi connectivity index (χ0v) is 12.7. The Bertz CT molecular complexity index is 844. The van der Waals surface area contributed by atoms with Crippen LogP contribution in [0.25, 0.3) is 0 Å². The normalized spacial score (nSPS) is 13.6. The predicted molar refractivity (Wildman–Crippen MR) is 84.2 cm³/mol. The lowest BCUT2D eigenvalue weighted by Gasteiger charge is -2.11. The van der Waals surface area contributed by atoms with E-state index >= 15 is 0 Å². The van der Waals surface area contributed by atoms with Crippen molar-refractivity contribution in [2.75, 3.05) is 4.72 Å².